The normalized spacial score (nSPS) is 41.8. The number of hydrogen-bond donors (Lipinski definition) is 3. The number of carbonyl (C=O) groups excluding carboxylic acids is 1. The molecule has 262 valence electrons. The molecule has 1 aromatic carbocycles. The van der Waals surface area contributed by atoms with Gasteiger partial charge in [-0.05, 0) is 152 Å². The van der Waals surface area contributed by atoms with Gasteiger partial charge in [0.1, 0.15) is 0 Å². The van der Waals surface area contributed by atoms with E-state index in [1.165, 1.54) is 48.8 Å². The molecule has 6 nitrogen and oxygen atoms in total. The number of carboxylic acid groups (broad SMARTS) is 1. The average molecular weight is 656 g/mol. The Morgan fingerprint density at radius 1 is 0.896 bits per heavy atom. The standard InChI is InChI=1S/C42H61N3O3/c1-27(2)30-15-20-42(44-37(48)45-25-8-23-43-24-26-45)22-21-40(6)32(35(30)42)13-14-34-39(5)18-16-31(28-9-11-29(12-10-28)36(46)47)38(3,4)33(39)17-19-41(34,40)7/h9-12,16,30,32-35,43H,1,8,13-15,17-26H2,2-7H3,(H,44,48)(H,46,47). The predicted octanol–water partition coefficient (Wildman–Crippen LogP) is 8.79. The Balaban J connectivity index is 1.20. The summed E-state index contributed by atoms with van der Waals surface area (Å²) in [5.74, 6) is 1.85. The number of hydrogen-bond acceptors (Lipinski definition) is 3. The largest absolute Gasteiger partial charge is 0.478 e. The number of fused-ring (bicyclic) bond motifs is 7. The van der Waals surface area contributed by atoms with Crippen LogP contribution in [0.1, 0.15) is 122 Å². The van der Waals surface area contributed by atoms with E-state index in [0.29, 0.717) is 35.2 Å². The minimum absolute atomic E-state index is 0.00216. The molecule has 0 aromatic heterocycles. The van der Waals surface area contributed by atoms with E-state index in [1.54, 1.807) is 12.1 Å². The Morgan fingerprint density at radius 2 is 1.65 bits per heavy atom. The second-order valence-electron chi connectivity index (χ2n) is 18.3. The Kier molecular flexibility index (Phi) is 8.29. The number of carboxylic acids is 1. The van der Waals surface area contributed by atoms with Crippen molar-refractivity contribution in [3.8, 4) is 0 Å². The first kappa shape index (κ1) is 33.9. The average Bonchev–Trinajstić information content (AvgIpc) is 3.20. The summed E-state index contributed by atoms with van der Waals surface area (Å²) in [6.07, 6.45) is 14.1. The predicted molar refractivity (Wildman–Crippen MR) is 194 cm³/mol. The number of aromatic carboxylic acids is 1. The molecule has 6 heteroatoms. The third-order valence-electron chi connectivity index (χ3n) is 16.1. The minimum atomic E-state index is -0.869. The topological polar surface area (TPSA) is 81.7 Å². The highest BCUT2D eigenvalue weighted by Crippen LogP contribution is 2.76. The van der Waals surface area contributed by atoms with Gasteiger partial charge in [-0.1, -0.05) is 65.0 Å². The molecule has 1 heterocycles. The zero-order chi connectivity index (χ0) is 34.3. The number of benzene rings is 1. The second kappa shape index (κ2) is 11.7. The fraction of sp³-hybridized carbons (Fsp3) is 0.714. The fourth-order valence-electron chi connectivity index (χ4n) is 13.6. The van der Waals surface area contributed by atoms with Gasteiger partial charge in [0.2, 0.25) is 0 Å². The highest BCUT2D eigenvalue weighted by molar-refractivity contribution is 5.88. The van der Waals surface area contributed by atoms with Crippen molar-refractivity contribution < 1.29 is 14.7 Å². The second-order valence-corrected chi connectivity index (χ2v) is 18.3. The summed E-state index contributed by atoms with van der Waals surface area (Å²) >= 11 is 0. The van der Waals surface area contributed by atoms with Crippen LogP contribution in [0.25, 0.3) is 5.57 Å². The van der Waals surface area contributed by atoms with Crippen LogP contribution in [0.5, 0.6) is 0 Å². The lowest BCUT2D eigenvalue weighted by molar-refractivity contribution is -0.218. The van der Waals surface area contributed by atoms with E-state index in [2.05, 4.69) is 69.7 Å². The lowest BCUT2D eigenvalue weighted by Crippen LogP contribution is -2.68. The SMILES string of the molecule is C=C(C)C1CCC2(NC(=O)N3CCCNCC3)CCC3(C)C(CCC4C5(C)CC=C(c6ccc(C(=O)O)cc6)C(C)(C)C5CCC43C)C12. The van der Waals surface area contributed by atoms with Crippen molar-refractivity contribution in [2.24, 2.45) is 51.2 Å². The minimum Gasteiger partial charge on any atom is -0.478 e. The van der Waals surface area contributed by atoms with Gasteiger partial charge in [0, 0.05) is 25.2 Å². The summed E-state index contributed by atoms with van der Waals surface area (Å²) < 4.78 is 0. The molecule has 1 aliphatic heterocycles. The Morgan fingerprint density at radius 3 is 2.35 bits per heavy atom. The molecule has 1 saturated heterocycles. The van der Waals surface area contributed by atoms with Crippen LogP contribution < -0.4 is 10.6 Å². The molecule has 2 amide bonds. The molecule has 6 aliphatic rings. The number of nitrogens with zero attached hydrogens (tertiary/aromatic N) is 1. The van der Waals surface area contributed by atoms with Gasteiger partial charge in [-0.2, -0.15) is 0 Å². The van der Waals surface area contributed by atoms with Crippen LogP contribution in [0.4, 0.5) is 4.79 Å². The van der Waals surface area contributed by atoms with E-state index in [0.717, 1.165) is 58.3 Å². The molecule has 4 saturated carbocycles. The number of carbonyl (C=O) groups is 2. The van der Waals surface area contributed by atoms with Crippen molar-refractivity contribution in [3.63, 3.8) is 0 Å². The summed E-state index contributed by atoms with van der Waals surface area (Å²) in [6.45, 7) is 23.2. The molecular formula is C42H61N3O3. The smallest absolute Gasteiger partial charge is 0.335 e. The number of allylic oxidation sites excluding steroid dienone is 3. The van der Waals surface area contributed by atoms with E-state index in [-0.39, 0.29) is 33.2 Å². The van der Waals surface area contributed by atoms with Crippen molar-refractivity contribution >= 4 is 17.6 Å². The molecule has 1 aromatic rings. The molecule has 9 atom stereocenters. The Bertz CT molecular complexity index is 1490. The first-order valence-electron chi connectivity index (χ1n) is 19.2. The zero-order valence-electron chi connectivity index (χ0n) is 30.6. The number of nitrogens with one attached hydrogen (secondary N) is 2. The van der Waals surface area contributed by atoms with Crippen molar-refractivity contribution in [1.82, 2.24) is 15.5 Å². The molecule has 0 spiro atoms. The maximum atomic E-state index is 13.9. The van der Waals surface area contributed by atoms with Crippen LogP contribution in [0.3, 0.4) is 0 Å². The van der Waals surface area contributed by atoms with Crippen LogP contribution in [0.15, 0.2) is 42.5 Å². The lowest BCUT2D eigenvalue weighted by atomic mass is 9.33. The molecule has 48 heavy (non-hydrogen) atoms. The molecule has 0 radical (unpaired) electrons. The van der Waals surface area contributed by atoms with Crippen LogP contribution >= 0.6 is 0 Å². The number of urea groups is 1. The molecule has 0 bridgehead atoms. The monoisotopic (exact) mass is 655 g/mol. The summed E-state index contributed by atoms with van der Waals surface area (Å²) in [5, 5.41) is 16.7. The van der Waals surface area contributed by atoms with Crippen molar-refractivity contribution in [2.75, 3.05) is 26.2 Å². The third-order valence-corrected chi connectivity index (χ3v) is 16.1. The highest BCUT2D eigenvalue weighted by Gasteiger charge is 2.70. The summed E-state index contributed by atoms with van der Waals surface area (Å²) in [6, 6.07) is 7.73. The Labute approximate surface area is 289 Å². The van der Waals surface area contributed by atoms with Gasteiger partial charge in [-0.3, -0.25) is 0 Å². The van der Waals surface area contributed by atoms with E-state index in [4.69, 9.17) is 0 Å². The third kappa shape index (κ3) is 4.88. The van der Waals surface area contributed by atoms with Gasteiger partial charge in [-0.15, -0.1) is 0 Å². The quantitative estimate of drug-likeness (QED) is 0.283. The van der Waals surface area contributed by atoms with Gasteiger partial charge < -0.3 is 20.6 Å². The molecule has 5 fully saturated rings. The first-order valence-corrected chi connectivity index (χ1v) is 19.2. The van der Waals surface area contributed by atoms with Gasteiger partial charge in [0.05, 0.1) is 5.56 Å². The highest BCUT2D eigenvalue weighted by atomic mass is 16.4. The molecular weight excluding hydrogens is 594 g/mol. The van der Waals surface area contributed by atoms with E-state index in [1.807, 2.05) is 12.1 Å². The molecule has 7 rings (SSSR count). The number of rotatable bonds is 4. The Hall–Kier alpha value is -2.60. The number of amides is 2. The van der Waals surface area contributed by atoms with Crippen LogP contribution in [-0.2, 0) is 0 Å². The molecule has 9 unspecified atom stereocenters. The molecule has 3 N–H and O–H groups in total. The summed E-state index contributed by atoms with van der Waals surface area (Å²) in [4.78, 5) is 27.6. The van der Waals surface area contributed by atoms with Crippen LogP contribution in [0, 0.1) is 51.2 Å². The van der Waals surface area contributed by atoms with Gasteiger partial charge in [-0.25, -0.2) is 9.59 Å². The van der Waals surface area contributed by atoms with Crippen molar-refractivity contribution in [2.45, 2.75) is 111 Å². The molecule has 5 aliphatic carbocycles. The maximum Gasteiger partial charge on any atom is 0.335 e. The summed E-state index contributed by atoms with van der Waals surface area (Å²) in [5.41, 5.74) is 4.76. The van der Waals surface area contributed by atoms with E-state index in [9.17, 15) is 14.7 Å². The zero-order valence-corrected chi connectivity index (χ0v) is 30.6. The van der Waals surface area contributed by atoms with Gasteiger partial charge in [0.15, 0.2) is 0 Å². The van der Waals surface area contributed by atoms with Crippen LogP contribution in [0.2, 0.25) is 0 Å². The summed E-state index contributed by atoms with van der Waals surface area (Å²) in [7, 11) is 0. The van der Waals surface area contributed by atoms with Crippen molar-refractivity contribution in [3.05, 3.63) is 53.6 Å². The van der Waals surface area contributed by atoms with Crippen molar-refractivity contribution in [1.29, 1.82) is 0 Å². The van der Waals surface area contributed by atoms with Gasteiger partial charge >= 0.3 is 12.0 Å². The van der Waals surface area contributed by atoms with Gasteiger partial charge in [0.25, 0.3) is 0 Å². The fourth-order valence-corrected chi connectivity index (χ4v) is 13.6. The van der Waals surface area contributed by atoms with E-state index < -0.39 is 5.97 Å². The van der Waals surface area contributed by atoms with E-state index >= 15 is 0 Å². The first-order chi connectivity index (χ1) is 22.7. The lowest BCUT2D eigenvalue weighted by Gasteiger charge is -2.72. The van der Waals surface area contributed by atoms with Crippen LogP contribution in [-0.4, -0.2) is 53.7 Å². The maximum absolute atomic E-state index is 13.9.